The minimum absolute atomic E-state index is 0.0754. The van der Waals surface area contributed by atoms with Gasteiger partial charge in [0.25, 0.3) is 11.8 Å². The topological polar surface area (TPSA) is 246 Å². The largest absolute Gasteiger partial charge is 0.494 e. The van der Waals surface area contributed by atoms with E-state index in [1.807, 2.05) is 42.7 Å². The number of aromatic nitrogens is 6. The summed E-state index contributed by atoms with van der Waals surface area (Å²) in [6, 6.07) is 6.84. The lowest BCUT2D eigenvalue weighted by Crippen LogP contribution is -2.37. The first-order valence-electron chi connectivity index (χ1n) is 20.3. The Bertz CT molecular complexity index is 2600. The minimum atomic E-state index is -0.654. The number of hydrogen-bond donors (Lipinski definition) is 4. The predicted molar refractivity (Wildman–Crippen MR) is 226 cm³/mol. The zero-order chi connectivity index (χ0) is 43.2. The van der Waals surface area contributed by atoms with Crippen molar-refractivity contribution >= 4 is 51.7 Å². The maximum Gasteiger partial charge on any atom is 0.295 e. The number of methoxy groups -OCH3 is 1. The maximum atomic E-state index is 13.7. The molecule has 1 saturated heterocycles. The number of allylic oxidation sites excluding steroid dienone is 2. The second-order valence-electron chi connectivity index (χ2n) is 14.4. The number of hydrogen-bond acceptors (Lipinski definition) is 14. The Morgan fingerprint density at radius 2 is 1.36 bits per heavy atom. The first-order valence-corrected chi connectivity index (χ1v) is 20.3. The Hall–Kier alpha value is -6.57. The third-order valence-electron chi connectivity index (χ3n) is 10.3. The molecule has 6 N–H and O–H groups in total. The van der Waals surface area contributed by atoms with E-state index in [-0.39, 0.29) is 48.6 Å². The van der Waals surface area contributed by atoms with Gasteiger partial charge in [-0.05, 0) is 49.1 Å². The highest BCUT2D eigenvalue weighted by Crippen LogP contribution is 2.33. The molecule has 19 heteroatoms. The van der Waals surface area contributed by atoms with Gasteiger partial charge in [0.2, 0.25) is 29.3 Å². The third-order valence-corrected chi connectivity index (χ3v) is 10.3. The van der Waals surface area contributed by atoms with E-state index in [0.717, 1.165) is 25.2 Å². The number of anilines is 2. The van der Waals surface area contributed by atoms with E-state index in [4.69, 9.17) is 44.5 Å². The second-order valence-corrected chi connectivity index (χ2v) is 14.4. The van der Waals surface area contributed by atoms with Gasteiger partial charge in [-0.15, -0.1) is 0 Å². The number of fused-ring (bicyclic) bond motifs is 2. The first-order chi connectivity index (χ1) is 29.5. The van der Waals surface area contributed by atoms with E-state index in [2.05, 4.69) is 25.5 Å². The number of nitrogens with one attached hydrogen (secondary N) is 2. The molecule has 7 rings (SSSR count). The van der Waals surface area contributed by atoms with E-state index in [9.17, 15) is 14.4 Å². The number of ether oxygens (including phenoxy) is 3. The number of aryl methyl sites for hydroxylation is 4. The van der Waals surface area contributed by atoms with E-state index in [1.165, 1.54) is 0 Å². The quantitative estimate of drug-likeness (QED) is 0.0687. The third kappa shape index (κ3) is 9.28. The molecule has 0 aliphatic carbocycles. The molecule has 0 bridgehead atoms. The molecule has 0 atom stereocenters. The molecule has 3 amide bonds. The van der Waals surface area contributed by atoms with Crippen molar-refractivity contribution in [2.75, 3.05) is 57.2 Å². The summed E-state index contributed by atoms with van der Waals surface area (Å²) in [5.41, 5.74) is 15.9. The summed E-state index contributed by atoms with van der Waals surface area (Å²) in [6.07, 6.45) is 5.46. The summed E-state index contributed by atoms with van der Waals surface area (Å²) < 4.78 is 32.6. The van der Waals surface area contributed by atoms with Crippen LogP contribution in [0.4, 0.5) is 11.9 Å². The van der Waals surface area contributed by atoms with Gasteiger partial charge < -0.3 is 43.6 Å². The summed E-state index contributed by atoms with van der Waals surface area (Å²) >= 11 is 0. The highest BCUT2D eigenvalue weighted by Gasteiger charge is 2.25. The second kappa shape index (κ2) is 18.8. The van der Waals surface area contributed by atoms with Crippen LogP contribution in [0.15, 0.2) is 45.3 Å². The van der Waals surface area contributed by atoms with Crippen LogP contribution in [0.25, 0.3) is 22.1 Å². The average Bonchev–Trinajstić information content (AvgIpc) is 4.02. The Morgan fingerprint density at radius 3 is 1.89 bits per heavy atom. The number of rotatable bonds is 18. The van der Waals surface area contributed by atoms with Gasteiger partial charge in [-0.3, -0.25) is 29.9 Å². The Kier molecular flexibility index (Phi) is 13.1. The number of primary amides is 1. The Balaban J connectivity index is 1.24. The molecule has 0 spiro atoms. The van der Waals surface area contributed by atoms with Gasteiger partial charge in [0.05, 0.1) is 49.4 Å². The van der Waals surface area contributed by atoms with Crippen molar-refractivity contribution in [2.45, 2.75) is 66.6 Å². The summed E-state index contributed by atoms with van der Waals surface area (Å²) in [5.74, 6) is 0.541. The number of carbonyl (C=O) groups excluding carboxylic acids is 3. The predicted octanol–water partition coefficient (Wildman–Crippen LogP) is 4.53. The summed E-state index contributed by atoms with van der Waals surface area (Å²) in [4.78, 5) is 60.4. The molecule has 0 saturated carbocycles. The number of nitrogens with zero attached hydrogens (tertiary/aromatic N) is 7. The molecule has 5 heterocycles. The zero-order valence-corrected chi connectivity index (χ0v) is 35.0. The fourth-order valence-electron chi connectivity index (χ4n) is 7.33. The van der Waals surface area contributed by atoms with Crippen molar-refractivity contribution in [1.29, 1.82) is 0 Å². The number of imidazole rings is 2. The van der Waals surface area contributed by atoms with Crippen LogP contribution in [0.2, 0.25) is 0 Å². The van der Waals surface area contributed by atoms with Crippen molar-refractivity contribution < 1.29 is 37.4 Å². The molecule has 1 aliphatic heterocycles. The monoisotopic (exact) mass is 837 g/mol. The fourth-order valence-corrected chi connectivity index (χ4v) is 7.33. The minimum Gasteiger partial charge on any atom is -0.494 e. The highest BCUT2D eigenvalue weighted by atomic mass is 16.5. The number of nitrogens with two attached hydrogens (primary N) is 2. The molecule has 19 nitrogen and oxygen atoms in total. The number of amides is 3. The van der Waals surface area contributed by atoms with E-state index in [0.29, 0.717) is 95.8 Å². The molecule has 1 fully saturated rings. The number of morpholine rings is 1. The van der Waals surface area contributed by atoms with E-state index in [1.54, 1.807) is 37.7 Å². The Labute approximate surface area is 351 Å². The molecular weight excluding hydrogens is 787 g/mol. The van der Waals surface area contributed by atoms with Gasteiger partial charge in [-0.2, -0.15) is 0 Å². The van der Waals surface area contributed by atoms with E-state index < -0.39 is 17.7 Å². The number of carbonyl (C=O) groups is 3. The van der Waals surface area contributed by atoms with Gasteiger partial charge in [-0.1, -0.05) is 26.0 Å². The van der Waals surface area contributed by atoms with Crippen LogP contribution in [-0.2, 0) is 37.2 Å². The van der Waals surface area contributed by atoms with Crippen LogP contribution < -0.4 is 31.6 Å². The average molecular weight is 838 g/mol. The van der Waals surface area contributed by atoms with Crippen LogP contribution in [0.3, 0.4) is 0 Å². The van der Waals surface area contributed by atoms with Crippen molar-refractivity contribution in [3.63, 3.8) is 0 Å². The molecule has 322 valence electrons. The van der Waals surface area contributed by atoms with Crippen LogP contribution in [0, 0.1) is 13.8 Å². The van der Waals surface area contributed by atoms with Gasteiger partial charge in [0.1, 0.15) is 22.5 Å². The SMILES string of the molecule is CCc1nc(C)oc1C(=O)Nc1nc2cc(CN)cc(OC)c2n1C/C=C/Cn1c(NC(=O)c2oc(C)nc2CC)nc2cc(C(N)=O)cc(OCCCN3CCOCC3)c21. The standard InChI is InChI=1S/C42H51N11O8/c1-6-28-36(60-24(3)45-28)39(55)49-41-47-30-19-26(23-43)20-32(57-5)34(30)52(41)12-8-9-13-53-35-31(48-42(53)50-40(56)37-29(7-2)46-25(4)61-37)21-27(38(44)54)22-33(35)59-16-10-11-51-14-17-58-18-15-51/h8-9,19-22H,6-7,10-18,23,43H2,1-5H3,(H2,44,54)(H,47,49,55)(H,48,50,56)/b9-8+. The van der Waals surface area contributed by atoms with Crippen LogP contribution in [-0.4, -0.2) is 98.3 Å². The van der Waals surface area contributed by atoms with Crippen molar-refractivity contribution in [1.82, 2.24) is 34.0 Å². The van der Waals surface area contributed by atoms with Crippen molar-refractivity contribution in [3.8, 4) is 11.5 Å². The van der Waals surface area contributed by atoms with E-state index >= 15 is 0 Å². The van der Waals surface area contributed by atoms with Crippen molar-refractivity contribution in [2.24, 2.45) is 11.5 Å². The number of oxazole rings is 2. The summed E-state index contributed by atoms with van der Waals surface area (Å²) in [5, 5.41) is 5.82. The molecule has 2 aromatic carbocycles. The lowest BCUT2D eigenvalue weighted by molar-refractivity contribution is 0.0358. The van der Waals surface area contributed by atoms with Gasteiger partial charge in [-0.25, -0.2) is 19.9 Å². The lowest BCUT2D eigenvalue weighted by atomic mass is 10.1. The molecule has 0 unspecified atom stereocenters. The first kappa shape index (κ1) is 42.6. The van der Waals surface area contributed by atoms with Gasteiger partial charge in [0, 0.05) is 58.7 Å². The lowest BCUT2D eigenvalue weighted by Gasteiger charge is -2.26. The van der Waals surface area contributed by atoms with Crippen LogP contribution >= 0.6 is 0 Å². The summed E-state index contributed by atoms with van der Waals surface area (Å²) in [7, 11) is 1.56. The summed E-state index contributed by atoms with van der Waals surface area (Å²) in [6.45, 7) is 12.0. The Morgan fingerprint density at radius 1 is 0.803 bits per heavy atom. The molecule has 4 aromatic heterocycles. The fraction of sp³-hybridized carbons (Fsp3) is 0.405. The molecule has 0 radical (unpaired) electrons. The van der Waals surface area contributed by atoms with Crippen LogP contribution in [0.1, 0.15) is 80.5 Å². The highest BCUT2D eigenvalue weighted by molar-refractivity contribution is 6.04. The normalized spacial score (nSPS) is 13.4. The molecule has 1 aliphatic rings. The van der Waals surface area contributed by atoms with Gasteiger partial charge >= 0.3 is 0 Å². The zero-order valence-electron chi connectivity index (χ0n) is 35.0. The number of benzene rings is 2. The molecular formula is C42H51N11O8. The smallest absolute Gasteiger partial charge is 0.295 e. The molecule has 6 aromatic rings. The maximum absolute atomic E-state index is 13.7. The van der Waals surface area contributed by atoms with Crippen molar-refractivity contribution in [3.05, 3.63) is 82.2 Å². The molecule has 61 heavy (non-hydrogen) atoms. The van der Waals surface area contributed by atoms with Crippen LogP contribution in [0.5, 0.6) is 11.5 Å². The van der Waals surface area contributed by atoms with Gasteiger partial charge in [0.15, 0.2) is 11.8 Å².